The van der Waals surface area contributed by atoms with Gasteiger partial charge in [-0.25, -0.2) is 4.68 Å². The lowest BCUT2D eigenvalue weighted by Crippen LogP contribution is -2.28. The van der Waals surface area contributed by atoms with Crippen molar-refractivity contribution < 1.29 is 0 Å². The Labute approximate surface area is 76.0 Å². The van der Waals surface area contributed by atoms with Gasteiger partial charge in [-0.15, -0.1) is 0 Å². The van der Waals surface area contributed by atoms with Gasteiger partial charge in [-0.05, 0) is 19.3 Å². The summed E-state index contributed by atoms with van der Waals surface area (Å²) in [6.45, 7) is 1.97. The van der Waals surface area contributed by atoms with E-state index in [1.807, 2.05) is 0 Å². The minimum absolute atomic E-state index is 0.621. The number of hydrogen-bond acceptors (Lipinski definition) is 3. The summed E-state index contributed by atoms with van der Waals surface area (Å²) in [5.41, 5.74) is 2.31. The first-order chi connectivity index (χ1) is 5.68. The first-order valence-electron chi connectivity index (χ1n) is 3.95. The number of fused-ring (bicyclic) bond motifs is 1. The molecule has 0 unspecified atom stereocenters. The number of rotatable bonds is 0. The molecular weight excluding hydrogens is 172 g/mol. The summed E-state index contributed by atoms with van der Waals surface area (Å²) in [4.78, 5) is 5.35. The summed E-state index contributed by atoms with van der Waals surface area (Å²) in [6.07, 6.45) is 0.982. The maximum atomic E-state index is 5.73. The molecule has 0 atom stereocenters. The van der Waals surface area contributed by atoms with Crippen molar-refractivity contribution in [3.05, 3.63) is 16.2 Å². The zero-order valence-corrected chi connectivity index (χ0v) is 7.82. The number of nitrogens with zero attached hydrogens (tertiary/aromatic N) is 2. The largest absolute Gasteiger partial charge is 0.337 e. The molecule has 4 nitrogen and oxygen atoms in total. The fraction of sp³-hybridized carbons (Fsp3) is 0.571. The number of hydrogen-bond donors (Lipinski definition) is 2. The van der Waals surface area contributed by atoms with E-state index in [2.05, 4.69) is 16.9 Å². The molecular formula is C7H12N4S. The van der Waals surface area contributed by atoms with Crippen LogP contribution in [0.15, 0.2) is 0 Å². The number of aromatic nitrogens is 2. The van der Waals surface area contributed by atoms with Gasteiger partial charge in [-0.3, -0.25) is 0 Å². The average Bonchev–Trinajstić information content (AvgIpc) is 2.28. The number of H-pyrrole nitrogens is 1. The van der Waals surface area contributed by atoms with Crippen LogP contribution in [0.3, 0.4) is 0 Å². The molecule has 66 valence electrons. The zero-order valence-electron chi connectivity index (χ0n) is 7.00. The molecule has 5 heteroatoms. The van der Waals surface area contributed by atoms with Gasteiger partial charge in [0.2, 0.25) is 0 Å². The third-order valence-electron chi connectivity index (χ3n) is 2.27. The SMILES string of the molecule is CN1CCc2c([nH]c(=S)n2N)C1. The van der Waals surface area contributed by atoms with Gasteiger partial charge < -0.3 is 15.7 Å². The molecule has 0 aliphatic carbocycles. The Kier molecular flexibility index (Phi) is 1.69. The predicted octanol–water partition coefficient (Wildman–Crippen LogP) is 0.247. The van der Waals surface area contributed by atoms with E-state index in [1.54, 1.807) is 4.68 Å². The van der Waals surface area contributed by atoms with Crippen LogP contribution in [0.4, 0.5) is 0 Å². The van der Waals surface area contributed by atoms with Gasteiger partial charge in [0.05, 0.1) is 11.4 Å². The van der Waals surface area contributed by atoms with Crippen molar-refractivity contribution >= 4 is 12.2 Å². The van der Waals surface area contributed by atoms with Gasteiger partial charge in [0.25, 0.3) is 0 Å². The van der Waals surface area contributed by atoms with Gasteiger partial charge in [-0.1, -0.05) is 0 Å². The third-order valence-corrected chi connectivity index (χ3v) is 2.57. The van der Waals surface area contributed by atoms with Crippen LogP contribution in [0, 0.1) is 4.77 Å². The second-order valence-corrected chi connectivity index (χ2v) is 3.60. The van der Waals surface area contributed by atoms with Crippen LogP contribution in [0.2, 0.25) is 0 Å². The van der Waals surface area contributed by atoms with E-state index in [4.69, 9.17) is 18.1 Å². The average molecular weight is 184 g/mol. The highest BCUT2D eigenvalue weighted by Crippen LogP contribution is 2.14. The Bertz CT molecular complexity index is 351. The van der Waals surface area contributed by atoms with Crippen molar-refractivity contribution in [1.82, 2.24) is 14.6 Å². The molecule has 1 aromatic rings. The van der Waals surface area contributed by atoms with Crippen LogP contribution in [0.5, 0.6) is 0 Å². The number of likely N-dealkylation sites (N-methyl/N-ethyl adjacent to an activating group) is 1. The second kappa shape index (κ2) is 2.60. The van der Waals surface area contributed by atoms with Crippen molar-refractivity contribution in [3.8, 4) is 0 Å². The van der Waals surface area contributed by atoms with Crippen molar-refractivity contribution in [3.63, 3.8) is 0 Å². The normalized spacial score (nSPS) is 17.8. The summed E-state index contributed by atoms with van der Waals surface area (Å²) in [5, 5.41) is 0. The topological polar surface area (TPSA) is 50.0 Å². The van der Waals surface area contributed by atoms with Gasteiger partial charge in [-0.2, -0.15) is 0 Å². The Morgan fingerprint density at radius 2 is 2.33 bits per heavy atom. The molecule has 0 radical (unpaired) electrons. The molecule has 0 fully saturated rings. The quantitative estimate of drug-likeness (QED) is 0.449. The first-order valence-corrected chi connectivity index (χ1v) is 4.35. The number of imidazole rings is 1. The van der Waals surface area contributed by atoms with E-state index < -0.39 is 0 Å². The maximum Gasteiger partial charge on any atom is 0.196 e. The van der Waals surface area contributed by atoms with E-state index in [0.717, 1.165) is 30.9 Å². The summed E-state index contributed by atoms with van der Waals surface area (Å²) in [5.74, 6) is 5.73. The molecule has 0 saturated carbocycles. The van der Waals surface area contributed by atoms with Gasteiger partial charge in [0.1, 0.15) is 0 Å². The summed E-state index contributed by atoms with van der Waals surface area (Å²) >= 11 is 5.02. The molecule has 0 aromatic carbocycles. The molecule has 0 bridgehead atoms. The lowest BCUT2D eigenvalue weighted by molar-refractivity contribution is 0.306. The van der Waals surface area contributed by atoms with Crippen molar-refractivity contribution in [1.29, 1.82) is 0 Å². The van der Waals surface area contributed by atoms with E-state index in [9.17, 15) is 0 Å². The van der Waals surface area contributed by atoms with Gasteiger partial charge in [0.15, 0.2) is 4.77 Å². The third kappa shape index (κ3) is 1.05. The number of nitrogens with two attached hydrogens (primary N) is 1. The summed E-state index contributed by atoms with van der Waals surface area (Å²) < 4.78 is 2.20. The summed E-state index contributed by atoms with van der Waals surface area (Å²) in [6, 6.07) is 0. The molecule has 1 aromatic heterocycles. The smallest absolute Gasteiger partial charge is 0.196 e. The van der Waals surface area contributed by atoms with E-state index in [0.29, 0.717) is 4.77 Å². The number of nitrogens with one attached hydrogen (secondary N) is 1. The molecule has 2 heterocycles. The highest BCUT2D eigenvalue weighted by atomic mass is 32.1. The fourth-order valence-corrected chi connectivity index (χ4v) is 1.81. The van der Waals surface area contributed by atoms with Crippen LogP contribution >= 0.6 is 12.2 Å². The minimum atomic E-state index is 0.621. The van der Waals surface area contributed by atoms with Crippen LogP contribution in [-0.4, -0.2) is 28.2 Å². The Hall–Kier alpha value is -0.810. The van der Waals surface area contributed by atoms with Crippen LogP contribution in [-0.2, 0) is 13.0 Å². The maximum absolute atomic E-state index is 5.73. The second-order valence-electron chi connectivity index (χ2n) is 3.21. The van der Waals surface area contributed by atoms with E-state index in [1.165, 1.54) is 0 Å². The number of aromatic amines is 1. The Morgan fingerprint density at radius 3 is 3.08 bits per heavy atom. The zero-order chi connectivity index (χ0) is 8.72. The highest BCUT2D eigenvalue weighted by molar-refractivity contribution is 7.71. The minimum Gasteiger partial charge on any atom is -0.337 e. The molecule has 12 heavy (non-hydrogen) atoms. The molecule has 0 spiro atoms. The monoisotopic (exact) mass is 184 g/mol. The molecule has 1 aliphatic heterocycles. The fourth-order valence-electron chi connectivity index (χ4n) is 1.58. The standard InChI is InChI=1S/C7H12N4S/c1-10-3-2-6-5(4-10)9-7(12)11(6)8/h2-4,8H2,1H3,(H,9,12). The Morgan fingerprint density at radius 1 is 1.58 bits per heavy atom. The summed E-state index contributed by atoms with van der Waals surface area (Å²) in [7, 11) is 2.09. The molecule has 2 rings (SSSR count). The van der Waals surface area contributed by atoms with Gasteiger partial charge >= 0.3 is 0 Å². The van der Waals surface area contributed by atoms with Crippen LogP contribution < -0.4 is 5.84 Å². The highest BCUT2D eigenvalue weighted by Gasteiger charge is 2.17. The lowest BCUT2D eigenvalue weighted by Gasteiger charge is -2.21. The number of nitrogen functional groups attached to an aromatic ring is 1. The van der Waals surface area contributed by atoms with Gasteiger partial charge in [0, 0.05) is 19.5 Å². The van der Waals surface area contributed by atoms with Crippen molar-refractivity contribution in [2.75, 3.05) is 19.4 Å². The molecule has 3 N–H and O–H groups in total. The lowest BCUT2D eigenvalue weighted by atomic mass is 10.1. The molecule has 0 saturated heterocycles. The van der Waals surface area contributed by atoms with E-state index in [-0.39, 0.29) is 0 Å². The van der Waals surface area contributed by atoms with E-state index >= 15 is 0 Å². The predicted molar refractivity (Wildman–Crippen MR) is 49.8 cm³/mol. The van der Waals surface area contributed by atoms with Crippen LogP contribution in [0.1, 0.15) is 11.4 Å². The Balaban J connectivity index is 2.50. The molecule has 0 amide bonds. The van der Waals surface area contributed by atoms with Crippen molar-refractivity contribution in [2.45, 2.75) is 13.0 Å². The van der Waals surface area contributed by atoms with Crippen molar-refractivity contribution in [2.24, 2.45) is 0 Å². The first kappa shape index (κ1) is 7.82. The molecule has 1 aliphatic rings. The van der Waals surface area contributed by atoms with Crippen LogP contribution in [0.25, 0.3) is 0 Å².